The molecule has 0 aliphatic carbocycles. The minimum Gasteiger partial charge on any atom is -0.444 e. The average molecular weight is 267 g/mol. The third kappa shape index (κ3) is 3.51. The molecule has 2 atom stereocenters. The van der Waals surface area contributed by atoms with Gasteiger partial charge in [0.1, 0.15) is 11.8 Å². The molecule has 1 aliphatic heterocycles. The van der Waals surface area contributed by atoms with Gasteiger partial charge in [-0.1, -0.05) is 25.6 Å². The molecule has 1 aliphatic rings. The topological polar surface area (TPSA) is 50.4 Å². The maximum absolute atomic E-state index is 5.51. The molecule has 4 nitrogen and oxygen atoms in total. The highest BCUT2D eigenvalue weighted by atomic mass is 32.2. The fraction of sp³-hybridized carbons (Fsp3) is 0.692. The fourth-order valence-corrected chi connectivity index (χ4v) is 3.02. The monoisotopic (exact) mass is 267 g/mol. The zero-order chi connectivity index (χ0) is 13.1. The highest BCUT2D eigenvalue weighted by Gasteiger charge is 2.21. The summed E-state index contributed by atoms with van der Waals surface area (Å²) in [6, 6.07) is 0.527. The van der Waals surface area contributed by atoms with Crippen molar-refractivity contribution in [2.24, 2.45) is 10.9 Å². The van der Waals surface area contributed by atoms with Crippen LogP contribution >= 0.6 is 11.8 Å². The first-order valence-corrected chi connectivity index (χ1v) is 7.42. The predicted molar refractivity (Wildman–Crippen MR) is 75.9 cm³/mol. The van der Waals surface area contributed by atoms with E-state index in [2.05, 4.69) is 24.1 Å². The molecule has 0 aromatic carbocycles. The quantitative estimate of drug-likeness (QED) is 0.910. The summed E-state index contributed by atoms with van der Waals surface area (Å²) in [5, 5.41) is 4.39. The molecule has 1 aromatic heterocycles. The molecule has 0 radical (unpaired) electrons. The molecule has 0 amide bonds. The number of oxazole rings is 1. The number of thioether (sulfide) groups is 1. The lowest BCUT2D eigenvalue weighted by molar-refractivity contribution is 0.430. The molecular weight excluding hydrogens is 246 g/mol. The number of nitrogens with zero attached hydrogens (tertiary/aromatic N) is 2. The molecular formula is C13H21N3OS. The second-order valence-electron chi connectivity index (χ2n) is 5.20. The highest BCUT2D eigenvalue weighted by molar-refractivity contribution is 8.14. The van der Waals surface area contributed by atoms with Gasteiger partial charge in [-0.05, 0) is 26.2 Å². The summed E-state index contributed by atoms with van der Waals surface area (Å²) in [5.74, 6) is 3.35. The number of hydrogen-bond acceptors (Lipinski definition) is 5. The van der Waals surface area contributed by atoms with Gasteiger partial charge in [-0.15, -0.1) is 0 Å². The SMILES string of the molecule is Cc1cnc(C(C)NC2=NC(CC(C)C)CS2)o1. The van der Waals surface area contributed by atoms with Gasteiger partial charge >= 0.3 is 0 Å². The Morgan fingerprint density at radius 3 is 2.89 bits per heavy atom. The van der Waals surface area contributed by atoms with Crippen LogP contribution in [0.5, 0.6) is 0 Å². The molecule has 2 heterocycles. The normalized spacial score (nSPS) is 21.2. The Hall–Kier alpha value is -0.970. The van der Waals surface area contributed by atoms with Gasteiger partial charge < -0.3 is 9.73 Å². The van der Waals surface area contributed by atoms with Crippen LogP contribution in [-0.4, -0.2) is 21.9 Å². The van der Waals surface area contributed by atoms with E-state index >= 15 is 0 Å². The summed E-state index contributed by atoms with van der Waals surface area (Å²) in [6.07, 6.45) is 2.91. The summed E-state index contributed by atoms with van der Waals surface area (Å²) in [7, 11) is 0. The van der Waals surface area contributed by atoms with Crippen LogP contribution in [0.4, 0.5) is 0 Å². The second-order valence-corrected chi connectivity index (χ2v) is 6.21. The van der Waals surface area contributed by atoms with Crippen molar-refractivity contribution in [3.8, 4) is 0 Å². The van der Waals surface area contributed by atoms with Crippen LogP contribution in [0.25, 0.3) is 0 Å². The molecule has 0 fully saturated rings. The first-order valence-electron chi connectivity index (χ1n) is 6.44. The zero-order valence-corrected chi connectivity index (χ0v) is 12.3. The molecule has 18 heavy (non-hydrogen) atoms. The standard InChI is InChI=1S/C13H21N3OS/c1-8(2)5-11-7-18-13(16-11)15-10(4)12-14-6-9(3)17-12/h6,8,10-11H,5,7H2,1-4H3,(H,15,16). The average Bonchev–Trinajstić information content (AvgIpc) is 2.87. The van der Waals surface area contributed by atoms with Gasteiger partial charge in [0.15, 0.2) is 5.17 Å². The number of amidine groups is 1. The van der Waals surface area contributed by atoms with E-state index in [0.717, 1.165) is 29.0 Å². The third-order valence-corrected chi connectivity index (χ3v) is 3.85. The van der Waals surface area contributed by atoms with Gasteiger partial charge in [0.25, 0.3) is 0 Å². The fourth-order valence-electron chi connectivity index (χ4n) is 1.98. The Kier molecular flexibility index (Phi) is 4.32. The molecule has 0 saturated heterocycles. The summed E-state index contributed by atoms with van der Waals surface area (Å²) in [5.41, 5.74) is 0. The second kappa shape index (κ2) is 5.78. The van der Waals surface area contributed by atoms with Crippen molar-refractivity contribution in [2.45, 2.75) is 46.2 Å². The smallest absolute Gasteiger partial charge is 0.216 e. The Morgan fingerprint density at radius 1 is 1.50 bits per heavy atom. The minimum absolute atomic E-state index is 0.0720. The first kappa shape index (κ1) is 13.5. The maximum atomic E-state index is 5.51. The van der Waals surface area contributed by atoms with Crippen LogP contribution in [0.2, 0.25) is 0 Å². The molecule has 0 bridgehead atoms. The maximum Gasteiger partial charge on any atom is 0.216 e. The lowest BCUT2D eigenvalue weighted by Crippen LogP contribution is -2.23. The van der Waals surface area contributed by atoms with Crippen molar-refractivity contribution >= 4 is 16.9 Å². The van der Waals surface area contributed by atoms with Gasteiger partial charge in [-0.3, -0.25) is 4.99 Å². The molecule has 2 rings (SSSR count). The van der Waals surface area contributed by atoms with Crippen LogP contribution in [0, 0.1) is 12.8 Å². The van der Waals surface area contributed by atoms with Gasteiger partial charge in [-0.25, -0.2) is 4.98 Å². The van der Waals surface area contributed by atoms with Crippen molar-refractivity contribution in [3.05, 3.63) is 17.8 Å². The molecule has 1 N–H and O–H groups in total. The third-order valence-electron chi connectivity index (χ3n) is 2.81. The van der Waals surface area contributed by atoms with Crippen molar-refractivity contribution < 1.29 is 4.42 Å². The van der Waals surface area contributed by atoms with Crippen molar-refractivity contribution in [2.75, 3.05) is 5.75 Å². The number of aliphatic imine (C=N–C) groups is 1. The van der Waals surface area contributed by atoms with Crippen molar-refractivity contribution in [3.63, 3.8) is 0 Å². The molecule has 0 saturated carbocycles. The molecule has 5 heteroatoms. The van der Waals surface area contributed by atoms with Crippen LogP contribution in [0.15, 0.2) is 15.6 Å². The number of aryl methyl sites for hydroxylation is 1. The van der Waals surface area contributed by atoms with E-state index in [1.165, 1.54) is 0 Å². The lowest BCUT2D eigenvalue weighted by Gasteiger charge is -2.10. The highest BCUT2D eigenvalue weighted by Crippen LogP contribution is 2.23. The number of nitrogens with one attached hydrogen (secondary N) is 1. The van der Waals surface area contributed by atoms with Crippen LogP contribution in [0.3, 0.4) is 0 Å². The van der Waals surface area contributed by atoms with Gasteiger partial charge in [0, 0.05) is 5.75 Å². The number of aromatic nitrogens is 1. The van der Waals surface area contributed by atoms with E-state index in [9.17, 15) is 0 Å². The van der Waals surface area contributed by atoms with Gasteiger partial charge in [0.2, 0.25) is 5.89 Å². The summed E-state index contributed by atoms with van der Waals surface area (Å²) in [4.78, 5) is 8.93. The Labute approximate surface area is 113 Å². The zero-order valence-electron chi connectivity index (χ0n) is 11.4. The first-order chi connectivity index (χ1) is 8.54. The summed E-state index contributed by atoms with van der Waals surface area (Å²) < 4.78 is 5.51. The van der Waals surface area contributed by atoms with Crippen molar-refractivity contribution in [1.29, 1.82) is 0 Å². The molecule has 0 spiro atoms. The van der Waals surface area contributed by atoms with Crippen LogP contribution in [0.1, 0.15) is 44.9 Å². The van der Waals surface area contributed by atoms with Gasteiger partial charge in [0.05, 0.1) is 12.2 Å². The van der Waals surface area contributed by atoms with E-state index in [1.54, 1.807) is 18.0 Å². The number of rotatable bonds is 4. The molecule has 1 aromatic rings. The Balaban J connectivity index is 1.90. The van der Waals surface area contributed by atoms with E-state index in [0.29, 0.717) is 12.0 Å². The van der Waals surface area contributed by atoms with Gasteiger partial charge in [-0.2, -0.15) is 0 Å². The predicted octanol–water partition coefficient (Wildman–Crippen LogP) is 3.15. The number of hydrogen-bond donors (Lipinski definition) is 1. The summed E-state index contributed by atoms with van der Waals surface area (Å²) >= 11 is 1.79. The lowest BCUT2D eigenvalue weighted by atomic mass is 10.1. The van der Waals surface area contributed by atoms with E-state index < -0.39 is 0 Å². The van der Waals surface area contributed by atoms with Crippen molar-refractivity contribution in [1.82, 2.24) is 10.3 Å². The molecule has 100 valence electrons. The van der Waals surface area contributed by atoms with E-state index in [4.69, 9.17) is 9.41 Å². The Bertz CT molecular complexity index is 428. The summed E-state index contributed by atoms with van der Waals surface area (Å²) in [6.45, 7) is 8.43. The van der Waals surface area contributed by atoms with Crippen LogP contribution < -0.4 is 5.32 Å². The van der Waals surface area contributed by atoms with E-state index in [1.807, 2.05) is 13.8 Å². The molecule has 2 unspecified atom stereocenters. The Morgan fingerprint density at radius 2 is 2.28 bits per heavy atom. The minimum atomic E-state index is 0.0720. The van der Waals surface area contributed by atoms with E-state index in [-0.39, 0.29) is 6.04 Å². The largest absolute Gasteiger partial charge is 0.444 e. The van der Waals surface area contributed by atoms with Crippen LogP contribution in [-0.2, 0) is 0 Å².